The lowest BCUT2D eigenvalue weighted by Gasteiger charge is -2.24. The van der Waals surface area contributed by atoms with Crippen LogP contribution in [0.5, 0.6) is 0 Å². The second-order valence-corrected chi connectivity index (χ2v) is 4.67. The summed E-state index contributed by atoms with van der Waals surface area (Å²) in [6.45, 7) is 3.55. The number of hydrogen-bond donors (Lipinski definition) is 1. The summed E-state index contributed by atoms with van der Waals surface area (Å²) in [5.74, 6) is 1.74. The van der Waals surface area contributed by atoms with Crippen LogP contribution in [0.15, 0.2) is 27.7 Å². The Bertz CT molecular complexity index is 710. The lowest BCUT2D eigenvalue weighted by Crippen LogP contribution is -2.35. The Morgan fingerprint density at radius 1 is 1.65 bits per heavy atom. The molecule has 1 heterocycles. The molecule has 0 saturated carbocycles. The minimum Gasteiger partial charge on any atom is -0.356 e. The molecule has 1 N–H and O–H groups in total. The number of aromatic nitrogens is 2. The zero-order valence-corrected chi connectivity index (χ0v) is 11.3. The van der Waals surface area contributed by atoms with Crippen molar-refractivity contribution in [3.8, 4) is 12.3 Å². The fourth-order valence-electron chi connectivity index (χ4n) is 2.31. The van der Waals surface area contributed by atoms with Gasteiger partial charge in [0, 0.05) is 24.8 Å². The molecule has 0 amide bonds. The largest absolute Gasteiger partial charge is 0.356 e. The summed E-state index contributed by atoms with van der Waals surface area (Å²) < 4.78 is 20.7. The second kappa shape index (κ2) is 5.10. The molecule has 0 aliphatic heterocycles. The van der Waals surface area contributed by atoms with Crippen molar-refractivity contribution >= 4 is 0 Å². The van der Waals surface area contributed by atoms with Gasteiger partial charge in [0.1, 0.15) is 5.83 Å². The van der Waals surface area contributed by atoms with Crippen LogP contribution in [0.4, 0.5) is 4.39 Å². The molecule has 2 atom stereocenters. The van der Waals surface area contributed by atoms with Crippen LogP contribution in [-0.2, 0) is 4.74 Å². The van der Waals surface area contributed by atoms with Gasteiger partial charge in [-0.25, -0.2) is 9.18 Å². The third kappa shape index (κ3) is 2.21. The number of terminal acetylenes is 1. The van der Waals surface area contributed by atoms with E-state index in [-0.39, 0.29) is 13.0 Å². The first-order valence-electron chi connectivity index (χ1n) is 6.25. The number of nitrogens with one attached hydrogen (secondary N) is 1. The molecule has 1 aliphatic carbocycles. The topological polar surface area (TPSA) is 64.1 Å². The molecule has 1 aromatic rings. The van der Waals surface area contributed by atoms with Crippen molar-refractivity contribution in [2.45, 2.75) is 31.9 Å². The van der Waals surface area contributed by atoms with E-state index in [4.69, 9.17) is 11.2 Å². The Morgan fingerprint density at radius 3 is 2.95 bits per heavy atom. The highest BCUT2D eigenvalue weighted by atomic mass is 19.1. The number of nitrogens with zero attached hydrogens (tertiary/aromatic N) is 1. The number of aryl methyl sites for hydroxylation is 1. The first-order valence-corrected chi connectivity index (χ1v) is 6.25. The molecule has 0 spiro atoms. The summed E-state index contributed by atoms with van der Waals surface area (Å²) >= 11 is 0. The summed E-state index contributed by atoms with van der Waals surface area (Å²) in [5, 5.41) is 0. The highest BCUT2D eigenvalue weighted by Crippen LogP contribution is 2.39. The van der Waals surface area contributed by atoms with Crippen molar-refractivity contribution in [1.29, 1.82) is 0 Å². The fraction of sp³-hybridized carbons (Fsp3) is 0.429. The van der Waals surface area contributed by atoms with Gasteiger partial charge in [-0.15, -0.1) is 6.42 Å². The van der Waals surface area contributed by atoms with E-state index >= 15 is 0 Å². The number of hydrogen-bond acceptors (Lipinski definition) is 3. The Hall–Kier alpha value is -2.13. The quantitative estimate of drug-likeness (QED) is 0.841. The lowest BCUT2D eigenvalue weighted by atomic mass is 10.0. The molecule has 0 unspecified atom stereocenters. The Labute approximate surface area is 115 Å². The highest BCUT2D eigenvalue weighted by molar-refractivity contribution is 5.32. The summed E-state index contributed by atoms with van der Waals surface area (Å²) in [4.78, 5) is 25.3. The van der Waals surface area contributed by atoms with Crippen molar-refractivity contribution in [2.75, 3.05) is 6.61 Å². The predicted molar refractivity (Wildman–Crippen MR) is 72.1 cm³/mol. The maximum Gasteiger partial charge on any atom is 0.328 e. The molecule has 0 radical (unpaired) electrons. The van der Waals surface area contributed by atoms with Crippen molar-refractivity contribution in [1.82, 2.24) is 9.55 Å². The minimum atomic E-state index is -1.43. The normalized spacial score (nSPS) is 25.3. The van der Waals surface area contributed by atoms with Crippen molar-refractivity contribution in [2.24, 2.45) is 0 Å². The molecular formula is C14H15FN2O3. The van der Waals surface area contributed by atoms with Gasteiger partial charge in [0.05, 0.1) is 6.04 Å². The van der Waals surface area contributed by atoms with E-state index < -0.39 is 28.7 Å². The number of H-pyrrole nitrogens is 1. The smallest absolute Gasteiger partial charge is 0.328 e. The fourth-order valence-corrected chi connectivity index (χ4v) is 2.31. The zero-order valence-electron chi connectivity index (χ0n) is 11.3. The molecule has 0 saturated heterocycles. The molecular weight excluding hydrogens is 263 g/mol. The van der Waals surface area contributed by atoms with Crippen LogP contribution < -0.4 is 11.2 Å². The van der Waals surface area contributed by atoms with E-state index in [1.807, 2.05) is 0 Å². The van der Waals surface area contributed by atoms with Crippen LogP contribution >= 0.6 is 0 Å². The third-order valence-corrected chi connectivity index (χ3v) is 3.35. The average molecular weight is 278 g/mol. The predicted octanol–water partition coefficient (Wildman–Crippen LogP) is 1.05. The molecule has 20 heavy (non-hydrogen) atoms. The van der Waals surface area contributed by atoms with Crippen LogP contribution in [-0.4, -0.2) is 21.8 Å². The third-order valence-electron chi connectivity index (χ3n) is 3.35. The molecule has 2 rings (SSSR count). The van der Waals surface area contributed by atoms with E-state index in [9.17, 15) is 14.0 Å². The van der Waals surface area contributed by atoms with Gasteiger partial charge >= 0.3 is 5.69 Å². The number of allylic oxidation sites excluding steroid dienone is 1. The van der Waals surface area contributed by atoms with Crippen LogP contribution in [0, 0.1) is 19.3 Å². The van der Waals surface area contributed by atoms with Crippen LogP contribution in [0.3, 0.4) is 0 Å². The molecule has 0 fully saturated rings. The molecule has 0 aromatic carbocycles. The van der Waals surface area contributed by atoms with E-state index in [1.54, 1.807) is 13.8 Å². The molecule has 1 aliphatic rings. The molecule has 6 heteroatoms. The van der Waals surface area contributed by atoms with Crippen LogP contribution in [0.2, 0.25) is 0 Å². The van der Waals surface area contributed by atoms with Gasteiger partial charge < -0.3 is 4.74 Å². The van der Waals surface area contributed by atoms with E-state index in [2.05, 4.69) is 10.9 Å². The van der Waals surface area contributed by atoms with E-state index in [0.717, 1.165) is 0 Å². The van der Waals surface area contributed by atoms with Gasteiger partial charge in [-0.05, 0) is 19.9 Å². The van der Waals surface area contributed by atoms with E-state index in [1.165, 1.54) is 16.8 Å². The number of aromatic amines is 1. The SMILES string of the molecule is C#C[C@@]1(OCC)C[C@H](n2cc(C)c(=O)[nH]c2=O)C=C1F. The van der Waals surface area contributed by atoms with E-state index in [0.29, 0.717) is 5.56 Å². The standard InChI is InChI=1S/C14H15FN2O3/c1-4-14(20-5-2)7-10(6-11(14)15)17-8-9(3)12(18)16-13(17)19/h1,6,8,10H,5,7H2,2-3H3,(H,16,18,19)/t10-,14-/m1/s1. The van der Waals surface area contributed by atoms with Crippen LogP contribution in [0.25, 0.3) is 0 Å². The first-order chi connectivity index (χ1) is 9.43. The monoisotopic (exact) mass is 278 g/mol. The maximum absolute atomic E-state index is 14.1. The lowest BCUT2D eigenvalue weighted by molar-refractivity contribution is 0.0166. The Kier molecular flexibility index (Phi) is 3.64. The summed E-state index contributed by atoms with van der Waals surface area (Å²) in [7, 11) is 0. The van der Waals surface area contributed by atoms with Gasteiger partial charge in [-0.1, -0.05) is 5.92 Å². The van der Waals surface area contributed by atoms with Crippen LogP contribution in [0.1, 0.15) is 24.9 Å². The molecule has 106 valence electrons. The summed E-state index contributed by atoms with van der Waals surface area (Å²) in [6.07, 6.45) is 8.15. The van der Waals surface area contributed by atoms with Gasteiger partial charge in [0.15, 0.2) is 5.60 Å². The van der Waals surface area contributed by atoms with Gasteiger partial charge in [-0.3, -0.25) is 14.3 Å². The number of halogens is 1. The van der Waals surface area contributed by atoms with Gasteiger partial charge in [0.2, 0.25) is 0 Å². The highest BCUT2D eigenvalue weighted by Gasteiger charge is 2.42. The second-order valence-electron chi connectivity index (χ2n) is 4.67. The average Bonchev–Trinajstić information content (AvgIpc) is 2.72. The Balaban J connectivity index is 2.44. The van der Waals surface area contributed by atoms with Crippen molar-refractivity contribution in [3.63, 3.8) is 0 Å². The minimum absolute atomic E-state index is 0.120. The zero-order chi connectivity index (χ0) is 14.9. The molecule has 1 aromatic heterocycles. The maximum atomic E-state index is 14.1. The first kappa shape index (κ1) is 14.3. The Morgan fingerprint density at radius 2 is 2.35 bits per heavy atom. The molecule has 5 nitrogen and oxygen atoms in total. The van der Waals surface area contributed by atoms with Gasteiger partial charge in [0.25, 0.3) is 5.56 Å². The summed E-state index contributed by atoms with van der Waals surface area (Å²) in [5.41, 5.74) is -2.11. The number of ether oxygens (including phenoxy) is 1. The summed E-state index contributed by atoms with van der Waals surface area (Å²) in [6, 6.07) is -0.583. The van der Waals surface area contributed by atoms with Gasteiger partial charge in [-0.2, -0.15) is 0 Å². The molecule has 0 bridgehead atoms. The van der Waals surface area contributed by atoms with Crippen molar-refractivity contribution in [3.05, 3.63) is 44.5 Å². The van der Waals surface area contributed by atoms with Crippen molar-refractivity contribution < 1.29 is 9.13 Å². The number of rotatable bonds is 3.